The summed E-state index contributed by atoms with van der Waals surface area (Å²) >= 11 is 0. The fraction of sp³-hybridized carbons (Fsp3) is 0.455. The van der Waals surface area contributed by atoms with Crippen LogP contribution in [0.4, 0.5) is 4.39 Å². The molecule has 0 spiro atoms. The van der Waals surface area contributed by atoms with Gasteiger partial charge < -0.3 is 9.64 Å². The van der Waals surface area contributed by atoms with Gasteiger partial charge in [-0.1, -0.05) is 25.1 Å². The second-order valence-electron chi connectivity index (χ2n) is 6.93. The predicted octanol–water partition coefficient (Wildman–Crippen LogP) is 5.24. The van der Waals surface area contributed by atoms with E-state index in [1.54, 1.807) is 19.2 Å². The van der Waals surface area contributed by atoms with Crippen LogP contribution >= 0.6 is 12.4 Å². The number of hydrogen-bond donors (Lipinski definition) is 0. The predicted molar refractivity (Wildman–Crippen MR) is 108 cm³/mol. The molecule has 1 atom stereocenters. The van der Waals surface area contributed by atoms with Crippen molar-refractivity contribution in [3.05, 3.63) is 65.0 Å². The maximum Gasteiger partial charge on any atom is 0.123 e. The molecule has 0 N–H and O–H groups in total. The molecule has 0 amide bonds. The summed E-state index contributed by atoms with van der Waals surface area (Å²) in [5.74, 6) is 1.40. The smallest absolute Gasteiger partial charge is 0.123 e. The van der Waals surface area contributed by atoms with Gasteiger partial charge in [0.05, 0.1) is 7.11 Å². The average molecular weight is 378 g/mol. The van der Waals surface area contributed by atoms with E-state index in [2.05, 4.69) is 30.0 Å². The van der Waals surface area contributed by atoms with Crippen LogP contribution in [0.1, 0.15) is 42.4 Å². The van der Waals surface area contributed by atoms with Gasteiger partial charge in [-0.3, -0.25) is 0 Å². The van der Waals surface area contributed by atoms with Crippen molar-refractivity contribution in [2.24, 2.45) is 0 Å². The van der Waals surface area contributed by atoms with Crippen molar-refractivity contribution in [1.82, 2.24) is 4.90 Å². The number of benzene rings is 2. The highest BCUT2D eigenvalue weighted by Crippen LogP contribution is 2.34. The summed E-state index contributed by atoms with van der Waals surface area (Å²) in [7, 11) is 1.73. The number of aryl methyl sites for hydroxylation is 1. The molecule has 1 aliphatic rings. The topological polar surface area (TPSA) is 12.5 Å². The van der Waals surface area contributed by atoms with Crippen molar-refractivity contribution >= 4 is 12.4 Å². The Morgan fingerprint density at radius 3 is 2.77 bits per heavy atom. The van der Waals surface area contributed by atoms with E-state index in [9.17, 15) is 4.39 Å². The minimum atomic E-state index is -0.143. The number of halogens is 2. The molecular weight excluding hydrogens is 349 g/mol. The number of nitrogens with zero attached hydrogens (tertiary/aromatic N) is 1. The van der Waals surface area contributed by atoms with Gasteiger partial charge in [0.25, 0.3) is 0 Å². The van der Waals surface area contributed by atoms with Crippen molar-refractivity contribution in [1.29, 1.82) is 0 Å². The van der Waals surface area contributed by atoms with E-state index >= 15 is 0 Å². The third-order valence-corrected chi connectivity index (χ3v) is 5.32. The van der Waals surface area contributed by atoms with Crippen LogP contribution in [0.5, 0.6) is 5.75 Å². The summed E-state index contributed by atoms with van der Waals surface area (Å²) < 4.78 is 18.7. The quantitative estimate of drug-likeness (QED) is 0.654. The number of hydrogen-bond acceptors (Lipinski definition) is 2. The lowest BCUT2D eigenvalue weighted by Crippen LogP contribution is -2.32. The van der Waals surface area contributed by atoms with Crippen molar-refractivity contribution in [3.8, 4) is 5.75 Å². The largest absolute Gasteiger partial charge is 0.497 e. The summed E-state index contributed by atoms with van der Waals surface area (Å²) in [4.78, 5) is 2.49. The van der Waals surface area contributed by atoms with Crippen LogP contribution in [0.15, 0.2) is 42.5 Å². The van der Waals surface area contributed by atoms with Crippen LogP contribution in [0.3, 0.4) is 0 Å². The van der Waals surface area contributed by atoms with Gasteiger partial charge in [0.2, 0.25) is 0 Å². The first-order chi connectivity index (χ1) is 12.2. The normalized spacial score (nSPS) is 16.1. The third kappa shape index (κ3) is 5.21. The van der Waals surface area contributed by atoms with Crippen LogP contribution < -0.4 is 4.74 Å². The zero-order valence-corrected chi connectivity index (χ0v) is 16.5. The van der Waals surface area contributed by atoms with Gasteiger partial charge in [-0.05, 0) is 79.1 Å². The number of methoxy groups -OCH3 is 1. The third-order valence-electron chi connectivity index (χ3n) is 5.32. The summed E-state index contributed by atoms with van der Waals surface area (Å²) in [5.41, 5.74) is 4.00. The lowest BCUT2D eigenvalue weighted by molar-refractivity contribution is 0.262. The van der Waals surface area contributed by atoms with Crippen LogP contribution in [0, 0.1) is 5.82 Å². The van der Waals surface area contributed by atoms with Crippen molar-refractivity contribution in [2.45, 2.75) is 38.5 Å². The molecule has 0 bridgehead atoms. The lowest BCUT2D eigenvalue weighted by Gasteiger charge is -2.31. The number of ether oxygens (including phenoxy) is 1. The van der Waals surface area contributed by atoms with E-state index < -0.39 is 0 Å². The molecule has 0 radical (unpaired) electrons. The fourth-order valence-electron chi connectivity index (χ4n) is 3.88. The first-order valence-electron chi connectivity index (χ1n) is 9.33. The Bertz CT molecular complexity index is 706. The molecule has 1 unspecified atom stereocenters. The zero-order valence-electron chi connectivity index (χ0n) is 15.7. The summed E-state index contributed by atoms with van der Waals surface area (Å²) in [5, 5.41) is 0. The van der Waals surface area contributed by atoms with Crippen molar-refractivity contribution < 1.29 is 9.13 Å². The summed E-state index contributed by atoms with van der Waals surface area (Å²) in [6.45, 7) is 5.29. The molecule has 142 valence electrons. The highest BCUT2D eigenvalue weighted by atomic mass is 35.5. The van der Waals surface area contributed by atoms with Crippen LogP contribution in [-0.4, -0.2) is 31.6 Å². The molecule has 0 fully saturated rings. The lowest BCUT2D eigenvalue weighted by atomic mass is 9.82. The first-order valence-corrected chi connectivity index (χ1v) is 9.33. The van der Waals surface area contributed by atoms with E-state index in [0.29, 0.717) is 5.92 Å². The van der Waals surface area contributed by atoms with E-state index in [1.807, 2.05) is 6.07 Å². The van der Waals surface area contributed by atoms with Crippen LogP contribution in [0.25, 0.3) is 0 Å². The molecule has 0 heterocycles. The molecule has 4 heteroatoms. The average Bonchev–Trinajstić information content (AvgIpc) is 2.64. The summed E-state index contributed by atoms with van der Waals surface area (Å²) in [6, 6.07) is 13.5. The SMILES string of the molecule is CCN(CCc1cccc(F)c1)CC1CCCc2cc(OC)ccc21.Cl. The number of rotatable bonds is 7. The van der Waals surface area contributed by atoms with Gasteiger partial charge in [0.1, 0.15) is 11.6 Å². The van der Waals surface area contributed by atoms with E-state index in [4.69, 9.17) is 4.74 Å². The van der Waals surface area contributed by atoms with Gasteiger partial charge in [-0.2, -0.15) is 0 Å². The minimum Gasteiger partial charge on any atom is -0.497 e. The number of likely N-dealkylation sites (N-methyl/N-ethyl adjacent to an activating group) is 1. The molecule has 2 nitrogen and oxygen atoms in total. The molecule has 2 aromatic rings. The van der Waals surface area contributed by atoms with Crippen molar-refractivity contribution in [2.75, 3.05) is 26.7 Å². The molecule has 3 rings (SSSR count). The molecule has 26 heavy (non-hydrogen) atoms. The van der Waals surface area contributed by atoms with Gasteiger partial charge >= 0.3 is 0 Å². The maximum absolute atomic E-state index is 13.3. The minimum absolute atomic E-state index is 0. The van der Waals surface area contributed by atoms with Gasteiger partial charge in [0.15, 0.2) is 0 Å². The molecule has 0 saturated heterocycles. The molecule has 0 saturated carbocycles. The van der Waals surface area contributed by atoms with Gasteiger partial charge in [0, 0.05) is 13.1 Å². The monoisotopic (exact) mass is 377 g/mol. The molecule has 1 aliphatic carbocycles. The molecule has 0 aromatic heterocycles. The zero-order chi connectivity index (χ0) is 17.6. The van der Waals surface area contributed by atoms with Gasteiger partial charge in [-0.15, -0.1) is 12.4 Å². The maximum atomic E-state index is 13.3. The van der Waals surface area contributed by atoms with E-state index in [-0.39, 0.29) is 18.2 Å². The molecular formula is C22H29ClFNO. The molecule has 0 aliphatic heterocycles. The Labute approximate surface area is 162 Å². The van der Waals surface area contributed by atoms with Crippen molar-refractivity contribution in [3.63, 3.8) is 0 Å². The molecule has 2 aromatic carbocycles. The Morgan fingerprint density at radius 1 is 1.19 bits per heavy atom. The highest BCUT2D eigenvalue weighted by Gasteiger charge is 2.22. The van der Waals surface area contributed by atoms with Crippen LogP contribution in [0.2, 0.25) is 0 Å². The fourth-order valence-corrected chi connectivity index (χ4v) is 3.88. The first kappa shape index (κ1) is 20.7. The standard InChI is InChI=1S/C22H28FNO.ClH/c1-3-24(13-12-17-6-4-9-20(23)14-17)16-19-8-5-7-18-15-21(25-2)10-11-22(18)19;/h4,6,9-11,14-15,19H,3,5,7-8,12-13,16H2,1-2H3;1H. The Hall–Kier alpha value is -1.58. The Kier molecular flexibility index (Phi) is 7.92. The Balaban J connectivity index is 0.00000243. The Morgan fingerprint density at radius 2 is 2.04 bits per heavy atom. The summed E-state index contributed by atoms with van der Waals surface area (Å²) in [6.07, 6.45) is 4.54. The van der Waals surface area contributed by atoms with E-state index in [1.165, 1.54) is 30.0 Å². The second kappa shape index (κ2) is 9.94. The van der Waals surface area contributed by atoms with E-state index in [0.717, 1.165) is 43.8 Å². The number of fused-ring (bicyclic) bond motifs is 1. The van der Waals surface area contributed by atoms with Gasteiger partial charge in [-0.25, -0.2) is 4.39 Å². The highest BCUT2D eigenvalue weighted by molar-refractivity contribution is 5.85. The second-order valence-corrected chi connectivity index (χ2v) is 6.93. The van der Waals surface area contributed by atoms with Crippen LogP contribution in [-0.2, 0) is 12.8 Å².